The Bertz CT molecular complexity index is 1860. The van der Waals surface area contributed by atoms with Crippen LogP contribution in [0.5, 0.6) is 0 Å². The van der Waals surface area contributed by atoms with E-state index in [0.717, 1.165) is 44.5 Å². The number of imidazole rings is 1. The molecule has 6 rings (SSSR count). The van der Waals surface area contributed by atoms with E-state index in [-0.39, 0.29) is 17.5 Å². The number of fused-ring (bicyclic) bond motifs is 2. The molecule has 7 heteroatoms. The predicted octanol–water partition coefficient (Wildman–Crippen LogP) is 6.33. The third-order valence-electron chi connectivity index (χ3n) is 7.05. The number of pyridine rings is 2. The fourth-order valence-electron chi connectivity index (χ4n) is 4.95. The maximum Gasteiger partial charge on any atom is 0.335 e. The highest BCUT2D eigenvalue weighted by atomic mass is 16.4. The number of para-hydroxylation sites is 1. The predicted molar refractivity (Wildman–Crippen MR) is 154 cm³/mol. The van der Waals surface area contributed by atoms with E-state index < -0.39 is 5.97 Å². The molecule has 196 valence electrons. The second-order valence-electron chi connectivity index (χ2n) is 9.77. The van der Waals surface area contributed by atoms with Gasteiger partial charge in [0.1, 0.15) is 11.5 Å². The van der Waals surface area contributed by atoms with Gasteiger partial charge in [0.25, 0.3) is 5.91 Å². The number of rotatable bonds is 7. The van der Waals surface area contributed by atoms with Crippen molar-refractivity contribution in [3.05, 3.63) is 138 Å². The van der Waals surface area contributed by atoms with E-state index in [1.165, 1.54) is 0 Å². The van der Waals surface area contributed by atoms with E-state index >= 15 is 0 Å². The molecule has 0 saturated carbocycles. The molecule has 3 aromatic heterocycles. The van der Waals surface area contributed by atoms with Crippen molar-refractivity contribution >= 4 is 28.3 Å². The van der Waals surface area contributed by atoms with E-state index in [1.807, 2.05) is 84.3 Å². The van der Waals surface area contributed by atoms with Gasteiger partial charge < -0.3 is 10.4 Å². The SMILES string of the molecule is C[C@H](NC(=O)c1cc(-c2ccccc2)cc2cnc(Cc3cnc4ccccc4c3)n12)c1ccc(C(=O)O)cc1. The summed E-state index contributed by atoms with van der Waals surface area (Å²) in [6.07, 6.45) is 4.15. The van der Waals surface area contributed by atoms with Crippen LogP contribution in [0.25, 0.3) is 27.5 Å². The lowest BCUT2D eigenvalue weighted by Gasteiger charge is -2.17. The first-order valence-corrected chi connectivity index (χ1v) is 13.0. The topological polar surface area (TPSA) is 96.6 Å². The third kappa shape index (κ3) is 4.92. The zero-order valence-corrected chi connectivity index (χ0v) is 21.8. The fraction of sp³-hybridized carbons (Fsp3) is 0.0909. The summed E-state index contributed by atoms with van der Waals surface area (Å²) in [5.74, 6) is -0.513. The van der Waals surface area contributed by atoms with Crippen LogP contribution >= 0.6 is 0 Å². The second-order valence-corrected chi connectivity index (χ2v) is 9.77. The largest absolute Gasteiger partial charge is 0.478 e. The van der Waals surface area contributed by atoms with Gasteiger partial charge in [0.2, 0.25) is 0 Å². The average Bonchev–Trinajstić information content (AvgIpc) is 3.39. The van der Waals surface area contributed by atoms with E-state index in [0.29, 0.717) is 12.1 Å². The van der Waals surface area contributed by atoms with Crippen LogP contribution in [0.1, 0.15) is 50.8 Å². The number of nitrogens with one attached hydrogen (secondary N) is 1. The Balaban J connectivity index is 1.39. The lowest BCUT2D eigenvalue weighted by molar-refractivity contribution is 0.0696. The molecule has 0 fully saturated rings. The molecular weight excluding hydrogens is 500 g/mol. The molecule has 0 bridgehead atoms. The van der Waals surface area contributed by atoms with E-state index in [9.17, 15) is 14.7 Å². The quantitative estimate of drug-likeness (QED) is 0.253. The highest BCUT2D eigenvalue weighted by molar-refractivity contribution is 5.95. The summed E-state index contributed by atoms with van der Waals surface area (Å²) < 4.78 is 1.90. The summed E-state index contributed by atoms with van der Waals surface area (Å²) in [7, 11) is 0. The van der Waals surface area contributed by atoms with Crippen molar-refractivity contribution in [3.63, 3.8) is 0 Å². The van der Waals surface area contributed by atoms with Crippen LogP contribution in [0.15, 0.2) is 109 Å². The summed E-state index contributed by atoms with van der Waals surface area (Å²) in [6.45, 7) is 1.88. The number of carboxylic acids is 1. The van der Waals surface area contributed by atoms with Crippen molar-refractivity contribution in [3.8, 4) is 11.1 Å². The van der Waals surface area contributed by atoms with Crippen molar-refractivity contribution in [2.24, 2.45) is 0 Å². The Morgan fingerprint density at radius 2 is 1.60 bits per heavy atom. The van der Waals surface area contributed by atoms with Gasteiger partial charge in [-0.05, 0) is 65.6 Å². The lowest BCUT2D eigenvalue weighted by Crippen LogP contribution is -2.28. The summed E-state index contributed by atoms with van der Waals surface area (Å²) >= 11 is 0. The van der Waals surface area contributed by atoms with Gasteiger partial charge >= 0.3 is 5.97 Å². The van der Waals surface area contributed by atoms with Gasteiger partial charge in [0, 0.05) is 18.0 Å². The fourth-order valence-corrected chi connectivity index (χ4v) is 4.95. The molecular formula is C33H26N4O3. The standard InChI is InChI=1S/C33H26N4O3/c1-21(23-11-13-25(14-12-23)33(39)40)36-32(38)30-18-27(24-7-3-2-4-8-24)17-28-20-35-31(37(28)30)16-22-15-26-9-5-6-10-29(26)34-19-22/h2-15,17-21H,16H2,1H3,(H,36,38)(H,39,40)/t21-/m0/s1. The van der Waals surface area contributed by atoms with E-state index in [1.54, 1.807) is 30.5 Å². The van der Waals surface area contributed by atoms with Crippen LogP contribution < -0.4 is 5.32 Å². The first-order chi connectivity index (χ1) is 19.5. The molecule has 0 aliphatic rings. The van der Waals surface area contributed by atoms with Crippen molar-refractivity contribution < 1.29 is 14.7 Å². The number of amides is 1. The Labute approximate surface area is 230 Å². The van der Waals surface area contributed by atoms with Crippen LogP contribution in [-0.4, -0.2) is 31.4 Å². The zero-order chi connectivity index (χ0) is 27.6. The van der Waals surface area contributed by atoms with Crippen molar-refractivity contribution in [1.82, 2.24) is 19.7 Å². The van der Waals surface area contributed by atoms with Crippen LogP contribution in [0, 0.1) is 0 Å². The number of hydrogen-bond donors (Lipinski definition) is 2. The first-order valence-electron chi connectivity index (χ1n) is 13.0. The van der Waals surface area contributed by atoms with Gasteiger partial charge in [-0.3, -0.25) is 14.2 Å². The number of aromatic nitrogens is 3. The van der Waals surface area contributed by atoms with Gasteiger partial charge in [0.15, 0.2) is 0 Å². The number of carbonyl (C=O) groups is 2. The number of carbonyl (C=O) groups excluding carboxylic acids is 1. The van der Waals surface area contributed by atoms with Gasteiger partial charge in [-0.15, -0.1) is 0 Å². The smallest absolute Gasteiger partial charge is 0.335 e. The number of aromatic carboxylic acids is 1. The summed E-state index contributed by atoms with van der Waals surface area (Å²) in [4.78, 5) is 34.4. The summed E-state index contributed by atoms with van der Waals surface area (Å²) in [5.41, 5.74) is 6.12. The van der Waals surface area contributed by atoms with Crippen LogP contribution in [-0.2, 0) is 6.42 Å². The highest BCUT2D eigenvalue weighted by Gasteiger charge is 2.19. The molecule has 6 aromatic rings. The number of benzene rings is 3. The number of carboxylic acid groups (broad SMARTS) is 1. The minimum absolute atomic E-state index is 0.200. The first kappa shape index (κ1) is 25.0. The highest BCUT2D eigenvalue weighted by Crippen LogP contribution is 2.26. The Hall–Kier alpha value is -5.30. The molecule has 1 amide bonds. The maximum atomic E-state index is 13.8. The maximum absolute atomic E-state index is 13.8. The van der Waals surface area contributed by atoms with E-state index in [4.69, 9.17) is 4.98 Å². The molecule has 1 atom stereocenters. The molecule has 0 saturated heterocycles. The van der Waals surface area contributed by atoms with Crippen LogP contribution in [0.2, 0.25) is 0 Å². The zero-order valence-electron chi connectivity index (χ0n) is 21.8. The molecule has 0 aliphatic heterocycles. The number of nitrogens with zero attached hydrogens (tertiary/aromatic N) is 3. The third-order valence-corrected chi connectivity index (χ3v) is 7.05. The Morgan fingerprint density at radius 1 is 0.850 bits per heavy atom. The molecule has 0 spiro atoms. The van der Waals surface area contributed by atoms with Crippen molar-refractivity contribution in [2.45, 2.75) is 19.4 Å². The summed E-state index contributed by atoms with van der Waals surface area (Å²) in [6, 6.07) is 30.1. The van der Waals surface area contributed by atoms with Crippen molar-refractivity contribution in [2.75, 3.05) is 0 Å². The molecule has 3 aromatic carbocycles. The van der Waals surface area contributed by atoms with Gasteiger partial charge in [0.05, 0.1) is 28.8 Å². The number of hydrogen-bond acceptors (Lipinski definition) is 4. The molecule has 3 heterocycles. The molecule has 2 N–H and O–H groups in total. The molecule has 0 radical (unpaired) electrons. The van der Waals surface area contributed by atoms with E-state index in [2.05, 4.69) is 16.4 Å². The molecule has 0 unspecified atom stereocenters. The van der Waals surface area contributed by atoms with Crippen molar-refractivity contribution in [1.29, 1.82) is 0 Å². The Morgan fingerprint density at radius 3 is 2.38 bits per heavy atom. The summed E-state index contributed by atoms with van der Waals surface area (Å²) in [5, 5.41) is 13.3. The minimum Gasteiger partial charge on any atom is -0.478 e. The second kappa shape index (κ2) is 10.5. The van der Waals surface area contributed by atoms with Gasteiger partial charge in [-0.2, -0.15) is 0 Å². The monoisotopic (exact) mass is 526 g/mol. The minimum atomic E-state index is -0.988. The molecule has 40 heavy (non-hydrogen) atoms. The van der Waals surface area contributed by atoms with Crippen LogP contribution in [0.3, 0.4) is 0 Å². The molecule has 0 aliphatic carbocycles. The van der Waals surface area contributed by atoms with Crippen LogP contribution in [0.4, 0.5) is 0 Å². The Kier molecular flexibility index (Phi) is 6.54. The lowest BCUT2D eigenvalue weighted by atomic mass is 10.0. The van der Waals surface area contributed by atoms with Gasteiger partial charge in [-0.25, -0.2) is 9.78 Å². The average molecular weight is 527 g/mol. The normalized spacial score (nSPS) is 11.9. The molecule has 7 nitrogen and oxygen atoms in total. The van der Waals surface area contributed by atoms with Gasteiger partial charge in [-0.1, -0.05) is 60.7 Å².